The summed E-state index contributed by atoms with van der Waals surface area (Å²) in [6, 6.07) is 23.4. The number of aromatic hydroxyl groups is 1. The van der Waals surface area contributed by atoms with Crippen LogP contribution in [-0.4, -0.2) is 23.0 Å². The number of nitrogens with zero attached hydrogens (tertiary/aromatic N) is 2. The van der Waals surface area contributed by atoms with Gasteiger partial charge >= 0.3 is 0 Å². The topological polar surface area (TPSA) is 82.6 Å². The molecule has 0 saturated heterocycles. The zero-order valence-corrected chi connectivity index (χ0v) is 18.7. The van der Waals surface area contributed by atoms with Gasteiger partial charge in [-0.25, -0.2) is 5.43 Å². The minimum atomic E-state index is -0.419. The van der Waals surface area contributed by atoms with Gasteiger partial charge in [-0.3, -0.25) is 9.59 Å². The van der Waals surface area contributed by atoms with Gasteiger partial charge in [0.2, 0.25) is 12.3 Å². The average Bonchev–Trinajstić information content (AvgIpc) is 2.81. The van der Waals surface area contributed by atoms with Crippen LogP contribution in [0.2, 0.25) is 0 Å². The quantitative estimate of drug-likeness (QED) is 0.185. The van der Waals surface area contributed by atoms with Gasteiger partial charge in [-0.1, -0.05) is 60.7 Å². The van der Waals surface area contributed by atoms with Crippen molar-refractivity contribution in [2.75, 3.05) is 0 Å². The second kappa shape index (κ2) is 10.5. The highest BCUT2D eigenvalue weighted by Crippen LogP contribution is 2.25. The van der Waals surface area contributed by atoms with Crippen LogP contribution in [0.25, 0.3) is 10.8 Å². The number of halogens is 1. The Kier molecular flexibility index (Phi) is 7.46. The average molecular weight is 491 g/mol. The molecule has 0 aliphatic carbocycles. The standard InChI is InChI=1S/C25H19N3O3.BrH/c29-23-13-12-18-7-4-5-11-21(18)22(23)15-26-27-25(31)20-10-6-14-28(16-20)17-24(30)19-8-2-1-3-9-19;/h1-16H,17H2,(H-,26,27,29,31);1H/p+1. The van der Waals surface area contributed by atoms with Gasteiger partial charge in [-0.15, -0.1) is 17.0 Å². The number of carbonyl (C=O) groups excluding carboxylic acids is 2. The minimum Gasteiger partial charge on any atom is -0.507 e. The fourth-order valence-corrected chi connectivity index (χ4v) is 3.28. The number of aromatic nitrogens is 1. The van der Waals surface area contributed by atoms with Crippen LogP contribution in [0.15, 0.2) is 96.4 Å². The second-order valence-electron chi connectivity index (χ2n) is 6.97. The molecule has 1 amide bonds. The molecule has 1 aromatic heterocycles. The number of phenolic OH excluding ortho intramolecular Hbond substituents is 1. The lowest BCUT2D eigenvalue weighted by Crippen LogP contribution is -2.38. The molecular formula is C25H21BrN3O3+. The van der Waals surface area contributed by atoms with Gasteiger partial charge in [0, 0.05) is 17.2 Å². The number of benzene rings is 3. The third kappa shape index (κ3) is 5.25. The minimum absolute atomic E-state index is 0. The van der Waals surface area contributed by atoms with Crippen LogP contribution in [0.3, 0.4) is 0 Å². The molecule has 0 atom stereocenters. The third-order valence-corrected chi connectivity index (χ3v) is 4.85. The summed E-state index contributed by atoms with van der Waals surface area (Å²) in [5.74, 6) is -0.390. The summed E-state index contributed by atoms with van der Waals surface area (Å²) < 4.78 is 1.66. The Morgan fingerprint density at radius 3 is 2.44 bits per heavy atom. The Labute approximate surface area is 195 Å². The number of pyridine rings is 1. The third-order valence-electron chi connectivity index (χ3n) is 4.85. The van der Waals surface area contributed by atoms with E-state index in [-0.39, 0.29) is 35.1 Å². The molecule has 0 fully saturated rings. The first kappa shape index (κ1) is 22.8. The molecular weight excluding hydrogens is 470 g/mol. The fraction of sp³-hybridized carbons (Fsp3) is 0.0400. The van der Waals surface area contributed by atoms with E-state index in [4.69, 9.17) is 0 Å². The molecule has 7 heteroatoms. The highest BCUT2D eigenvalue weighted by Gasteiger charge is 2.15. The fourth-order valence-electron chi connectivity index (χ4n) is 3.28. The molecule has 0 saturated carbocycles. The molecule has 2 N–H and O–H groups in total. The van der Waals surface area contributed by atoms with Crippen molar-refractivity contribution < 1.29 is 19.3 Å². The molecule has 0 aliphatic rings. The van der Waals surface area contributed by atoms with Crippen molar-refractivity contribution in [3.63, 3.8) is 0 Å². The first-order valence-corrected chi connectivity index (χ1v) is 9.73. The van der Waals surface area contributed by atoms with E-state index in [1.165, 1.54) is 6.21 Å². The van der Waals surface area contributed by atoms with Gasteiger partial charge in [0.25, 0.3) is 5.91 Å². The Morgan fingerprint density at radius 1 is 0.906 bits per heavy atom. The first-order chi connectivity index (χ1) is 15.1. The Balaban J connectivity index is 0.00000289. The van der Waals surface area contributed by atoms with Crippen molar-refractivity contribution in [2.45, 2.75) is 6.54 Å². The Bertz CT molecular complexity index is 1290. The predicted octanol–water partition coefficient (Wildman–Crippen LogP) is 4.06. The maximum atomic E-state index is 12.5. The molecule has 32 heavy (non-hydrogen) atoms. The van der Waals surface area contributed by atoms with Crippen LogP contribution in [0.4, 0.5) is 0 Å². The maximum absolute atomic E-state index is 12.5. The second-order valence-corrected chi connectivity index (χ2v) is 6.97. The number of phenols is 1. The largest absolute Gasteiger partial charge is 0.507 e. The molecule has 6 nitrogen and oxygen atoms in total. The number of hydrogen-bond donors (Lipinski definition) is 2. The molecule has 4 rings (SSSR count). The summed E-state index contributed by atoms with van der Waals surface area (Å²) in [4.78, 5) is 24.9. The number of nitrogens with one attached hydrogen (secondary N) is 1. The predicted molar refractivity (Wildman–Crippen MR) is 128 cm³/mol. The number of hydrazone groups is 1. The van der Waals surface area contributed by atoms with Gasteiger partial charge < -0.3 is 5.11 Å². The van der Waals surface area contributed by atoms with Crippen LogP contribution in [0.5, 0.6) is 5.75 Å². The van der Waals surface area contributed by atoms with Gasteiger partial charge in [0.15, 0.2) is 12.4 Å². The first-order valence-electron chi connectivity index (χ1n) is 9.73. The van der Waals surface area contributed by atoms with Crippen molar-refractivity contribution >= 4 is 45.7 Å². The lowest BCUT2D eigenvalue weighted by molar-refractivity contribution is -0.683. The van der Waals surface area contributed by atoms with E-state index < -0.39 is 5.91 Å². The number of hydrogen-bond acceptors (Lipinski definition) is 4. The number of ketones is 1. The smallest absolute Gasteiger partial charge is 0.277 e. The molecule has 1 heterocycles. The van der Waals surface area contributed by atoms with E-state index in [0.29, 0.717) is 16.7 Å². The summed E-state index contributed by atoms with van der Waals surface area (Å²) in [7, 11) is 0. The van der Waals surface area contributed by atoms with Gasteiger partial charge in [-0.05, 0) is 22.9 Å². The van der Waals surface area contributed by atoms with Crippen molar-refractivity contribution in [3.05, 3.63) is 108 Å². The van der Waals surface area contributed by atoms with Crippen LogP contribution in [-0.2, 0) is 6.54 Å². The molecule has 0 bridgehead atoms. The van der Waals surface area contributed by atoms with E-state index in [9.17, 15) is 14.7 Å². The molecule has 0 aliphatic heterocycles. The van der Waals surface area contributed by atoms with Crippen molar-refractivity contribution in [1.82, 2.24) is 5.43 Å². The summed E-state index contributed by atoms with van der Waals surface area (Å²) in [5, 5.41) is 16.0. The van der Waals surface area contributed by atoms with Crippen LogP contribution in [0, 0.1) is 0 Å². The molecule has 160 valence electrons. The number of rotatable bonds is 6. The van der Waals surface area contributed by atoms with E-state index in [0.717, 1.165) is 10.8 Å². The van der Waals surface area contributed by atoms with E-state index in [2.05, 4.69) is 10.5 Å². The number of amides is 1. The highest BCUT2D eigenvalue weighted by molar-refractivity contribution is 8.93. The van der Waals surface area contributed by atoms with Gasteiger partial charge in [-0.2, -0.15) is 9.67 Å². The maximum Gasteiger partial charge on any atom is 0.277 e. The SMILES string of the molecule is Br.O=C(C[n+]1cccc(C(=O)N/N=C/c2c(O)ccc3ccccc23)c1)c1ccccc1. The van der Waals surface area contributed by atoms with E-state index in [1.807, 2.05) is 48.5 Å². The van der Waals surface area contributed by atoms with Crippen molar-refractivity contribution in [1.29, 1.82) is 0 Å². The Hall–Kier alpha value is -3.84. The van der Waals surface area contributed by atoms with Crippen LogP contribution < -0.4 is 9.99 Å². The van der Waals surface area contributed by atoms with Gasteiger partial charge in [0.05, 0.1) is 6.21 Å². The van der Waals surface area contributed by atoms with Crippen LogP contribution >= 0.6 is 17.0 Å². The molecule has 4 aromatic rings. The molecule has 0 spiro atoms. The summed E-state index contributed by atoms with van der Waals surface area (Å²) in [6.45, 7) is 0.123. The molecule has 0 radical (unpaired) electrons. The van der Waals surface area contributed by atoms with Crippen molar-refractivity contribution in [2.24, 2.45) is 5.10 Å². The van der Waals surface area contributed by atoms with Crippen molar-refractivity contribution in [3.8, 4) is 5.75 Å². The monoisotopic (exact) mass is 490 g/mol. The summed E-state index contributed by atoms with van der Waals surface area (Å²) in [5.41, 5.74) is 3.97. The Morgan fingerprint density at radius 2 is 1.62 bits per heavy atom. The van der Waals surface area contributed by atoms with Gasteiger partial charge in [0.1, 0.15) is 11.3 Å². The molecule has 0 unspecified atom stereocenters. The van der Waals surface area contributed by atoms with E-state index >= 15 is 0 Å². The van der Waals surface area contributed by atoms with Crippen LogP contribution in [0.1, 0.15) is 26.3 Å². The number of carbonyl (C=O) groups is 2. The number of Topliss-reactive ketones (excluding diaryl/α,β-unsaturated/α-hetero) is 1. The zero-order chi connectivity index (χ0) is 21.6. The normalized spacial score (nSPS) is 10.6. The number of fused-ring (bicyclic) bond motifs is 1. The summed E-state index contributed by atoms with van der Waals surface area (Å²) >= 11 is 0. The summed E-state index contributed by atoms with van der Waals surface area (Å²) in [6.07, 6.45) is 4.75. The lowest BCUT2D eigenvalue weighted by atomic mass is 10.0. The highest BCUT2D eigenvalue weighted by atomic mass is 79.9. The molecule has 3 aromatic carbocycles. The zero-order valence-electron chi connectivity index (χ0n) is 17.0. The van der Waals surface area contributed by atoms with E-state index in [1.54, 1.807) is 47.3 Å². The lowest BCUT2D eigenvalue weighted by Gasteiger charge is -2.05.